The zero-order valence-corrected chi connectivity index (χ0v) is 23.7. The zero-order chi connectivity index (χ0) is 34.4. The number of alkyl halides is 6. The summed E-state index contributed by atoms with van der Waals surface area (Å²) in [4.78, 5) is 37.7. The molecule has 0 bridgehead atoms. The highest BCUT2D eigenvalue weighted by atomic mass is 19.4. The van der Waals surface area contributed by atoms with Crippen LogP contribution in [0, 0.1) is 0 Å². The van der Waals surface area contributed by atoms with E-state index in [9.17, 15) is 31.1 Å². The summed E-state index contributed by atoms with van der Waals surface area (Å²) in [6, 6.07) is 13.4. The van der Waals surface area contributed by atoms with E-state index in [-0.39, 0.29) is 12.7 Å². The molecule has 1 amide bonds. The van der Waals surface area contributed by atoms with E-state index >= 15 is 0 Å². The maximum Gasteiger partial charge on any atom is 0.490 e. The van der Waals surface area contributed by atoms with Gasteiger partial charge in [0.2, 0.25) is 6.79 Å². The molecular weight excluding hydrogens is 648 g/mol. The van der Waals surface area contributed by atoms with Crippen LogP contribution in [-0.4, -0.2) is 66.9 Å². The highest BCUT2D eigenvalue weighted by molar-refractivity contribution is 5.95. The highest BCUT2D eigenvalue weighted by Gasteiger charge is 2.39. The molecule has 13 nitrogen and oxygen atoms in total. The molecule has 0 fully saturated rings. The molecule has 2 aliphatic rings. The van der Waals surface area contributed by atoms with Gasteiger partial charge < -0.3 is 29.4 Å². The Labute approximate surface area is 259 Å². The molecule has 2 aliphatic heterocycles. The minimum absolute atomic E-state index is 0.189. The highest BCUT2D eigenvalue weighted by Crippen LogP contribution is 2.32. The number of pyridine rings is 1. The van der Waals surface area contributed by atoms with Crippen molar-refractivity contribution in [2.75, 3.05) is 6.79 Å². The van der Waals surface area contributed by atoms with Crippen LogP contribution in [0.25, 0.3) is 5.82 Å². The molecule has 5 heterocycles. The fourth-order valence-corrected chi connectivity index (χ4v) is 4.21. The van der Waals surface area contributed by atoms with Crippen LogP contribution in [0.4, 0.5) is 26.3 Å². The number of carbonyl (C=O) groups excluding carboxylic acids is 1. The Morgan fingerprint density at radius 2 is 1.60 bits per heavy atom. The maximum atomic E-state index is 13.2. The van der Waals surface area contributed by atoms with Crippen LogP contribution < -0.4 is 14.8 Å². The molecule has 47 heavy (non-hydrogen) atoms. The van der Waals surface area contributed by atoms with Crippen molar-refractivity contribution >= 4 is 17.8 Å². The Bertz CT molecular complexity index is 1700. The Morgan fingerprint density at radius 1 is 0.915 bits per heavy atom. The number of halogens is 6. The van der Waals surface area contributed by atoms with Gasteiger partial charge in [0, 0.05) is 31.4 Å². The van der Waals surface area contributed by atoms with E-state index < -0.39 is 24.3 Å². The molecule has 0 aliphatic carbocycles. The van der Waals surface area contributed by atoms with Crippen LogP contribution in [-0.2, 0) is 35.8 Å². The van der Waals surface area contributed by atoms with Crippen molar-refractivity contribution in [2.24, 2.45) is 0 Å². The Hall–Kier alpha value is -5.59. The topological polar surface area (TPSA) is 169 Å². The van der Waals surface area contributed by atoms with Crippen molar-refractivity contribution < 1.29 is 64.8 Å². The standard InChI is InChI=1S/C24H21N5O4.2C2HF3O2/c30-24(26-10-16-5-6-21-22(9-16)33-15-32-21)19-11-27-29-20(19)14-28(13-18-4-2-8-31-18)12-17-3-1-7-25-23(17)29;2*3-2(4,5)1(6)7/h1-9,11H,10,12-15H2,(H,26,30);2*(H,6,7). The van der Waals surface area contributed by atoms with Crippen molar-refractivity contribution in [1.82, 2.24) is 25.0 Å². The third kappa shape index (κ3) is 9.00. The molecular formula is C28H23F6N5O8. The van der Waals surface area contributed by atoms with Gasteiger partial charge in [0.25, 0.3) is 5.91 Å². The number of fused-ring (bicyclic) bond motifs is 4. The largest absolute Gasteiger partial charge is 0.490 e. The molecule has 0 spiro atoms. The summed E-state index contributed by atoms with van der Waals surface area (Å²) in [7, 11) is 0. The number of benzene rings is 1. The molecule has 3 N–H and O–H groups in total. The molecule has 1 aromatic carbocycles. The van der Waals surface area contributed by atoms with Crippen molar-refractivity contribution in [1.29, 1.82) is 0 Å². The van der Waals surface area contributed by atoms with Crippen molar-refractivity contribution in [3.8, 4) is 17.3 Å². The Morgan fingerprint density at radius 3 is 2.23 bits per heavy atom. The third-order valence-corrected chi connectivity index (χ3v) is 6.28. The first-order valence-corrected chi connectivity index (χ1v) is 13.2. The summed E-state index contributed by atoms with van der Waals surface area (Å²) in [5.74, 6) is -2.69. The number of hydrogen-bond acceptors (Lipinski definition) is 9. The van der Waals surface area contributed by atoms with Gasteiger partial charge in [-0.15, -0.1) is 0 Å². The molecule has 6 rings (SSSR count). The van der Waals surface area contributed by atoms with E-state index in [1.807, 2.05) is 42.5 Å². The second-order valence-corrected chi connectivity index (χ2v) is 9.60. The lowest BCUT2D eigenvalue weighted by Crippen LogP contribution is -2.26. The van der Waals surface area contributed by atoms with Gasteiger partial charge in [-0.25, -0.2) is 19.3 Å². The fraction of sp³-hybridized carbons (Fsp3) is 0.250. The second-order valence-electron chi connectivity index (χ2n) is 9.60. The number of ether oxygens (including phenoxy) is 2. The van der Waals surface area contributed by atoms with Crippen LogP contribution in [0.15, 0.2) is 65.5 Å². The number of rotatable bonds is 5. The number of carboxylic acids is 2. The number of hydrogen-bond donors (Lipinski definition) is 3. The summed E-state index contributed by atoms with van der Waals surface area (Å²) < 4.78 is 81.6. The van der Waals surface area contributed by atoms with E-state index in [0.29, 0.717) is 37.5 Å². The van der Waals surface area contributed by atoms with Crippen LogP contribution in [0.3, 0.4) is 0 Å². The number of amides is 1. The molecule has 19 heteroatoms. The lowest BCUT2D eigenvalue weighted by atomic mass is 10.1. The molecule has 0 unspecified atom stereocenters. The minimum atomic E-state index is -5.08. The quantitative estimate of drug-likeness (QED) is 0.259. The molecule has 250 valence electrons. The Balaban J connectivity index is 0.000000301. The number of nitrogens with one attached hydrogen (secondary N) is 1. The van der Waals surface area contributed by atoms with Crippen molar-refractivity contribution in [2.45, 2.75) is 38.5 Å². The zero-order valence-electron chi connectivity index (χ0n) is 23.7. The number of carbonyl (C=O) groups is 3. The monoisotopic (exact) mass is 671 g/mol. The lowest BCUT2D eigenvalue weighted by Gasteiger charge is -2.19. The fourth-order valence-electron chi connectivity index (χ4n) is 4.21. The third-order valence-electron chi connectivity index (χ3n) is 6.28. The smallest absolute Gasteiger partial charge is 0.475 e. The van der Waals surface area contributed by atoms with Crippen molar-refractivity contribution in [3.63, 3.8) is 0 Å². The van der Waals surface area contributed by atoms with Gasteiger partial charge in [0.15, 0.2) is 17.3 Å². The van der Waals surface area contributed by atoms with Crippen LogP contribution in [0.5, 0.6) is 11.5 Å². The van der Waals surface area contributed by atoms with Gasteiger partial charge in [-0.3, -0.25) is 9.69 Å². The number of carboxylic acid groups (broad SMARTS) is 2. The maximum absolute atomic E-state index is 13.2. The van der Waals surface area contributed by atoms with Gasteiger partial charge in [-0.05, 0) is 35.9 Å². The molecule has 4 aromatic rings. The first kappa shape index (κ1) is 34.3. The lowest BCUT2D eigenvalue weighted by molar-refractivity contribution is -0.193. The second kappa shape index (κ2) is 14.2. The predicted molar refractivity (Wildman–Crippen MR) is 144 cm³/mol. The van der Waals surface area contributed by atoms with E-state index in [4.69, 9.17) is 33.7 Å². The summed E-state index contributed by atoms with van der Waals surface area (Å²) in [5, 5.41) is 21.8. The first-order chi connectivity index (χ1) is 22.1. The van der Waals surface area contributed by atoms with Crippen LogP contribution in [0.1, 0.15) is 32.9 Å². The SMILES string of the molecule is O=C(NCc1ccc2c(c1)OCO2)c1cnn2c1CN(Cc1ccco1)Cc1cccnc1-2.O=C(O)C(F)(F)F.O=C(O)C(F)(F)F. The van der Waals surface area contributed by atoms with E-state index in [1.54, 1.807) is 23.3 Å². The van der Waals surface area contributed by atoms with Gasteiger partial charge in [-0.1, -0.05) is 12.1 Å². The van der Waals surface area contributed by atoms with E-state index in [2.05, 4.69) is 20.3 Å². The van der Waals surface area contributed by atoms with Gasteiger partial charge >= 0.3 is 24.3 Å². The average molecular weight is 672 g/mol. The first-order valence-electron chi connectivity index (χ1n) is 13.2. The summed E-state index contributed by atoms with van der Waals surface area (Å²) in [5.41, 5.74) is 3.29. The van der Waals surface area contributed by atoms with Crippen LogP contribution >= 0.6 is 0 Å². The van der Waals surface area contributed by atoms with Gasteiger partial charge in [-0.2, -0.15) is 31.4 Å². The number of aromatic nitrogens is 3. The summed E-state index contributed by atoms with van der Waals surface area (Å²) in [6.45, 7) is 2.41. The normalized spacial score (nSPS) is 13.5. The van der Waals surface area contributed by atoms with Crippen molar-refractivity contribution in [3.05, 3.63) is 89.3 Å². The number of aliphatic carboxylic acids is 2. The molecule has 0 atom stereocenters. The summed E-state index contributed by atoms with van der Waals surface area (Å²) in [6.07, 6.45) is -5.15. The van der Waals surface area contributed by atoms with E-state index in [1.165, 1.54) is 0 Å². The average Bonchev–Trinajstić information content (AvgIpc) is 3.76. The van der Waals surface area contributed by atoms with Gasteiger partial charge in [0.05, 0.1) is 30.3 Å². The van der Waals surface area contributed by atoms with Crippen LogP contribution in [0.2, 0.25) is 0 Å². The molecule has 0 saturated carbocycles. The number of furan rings is 1. The Kier molecular flexibility index (Phi) is 10.4. The van der Waals surface area contributed by atoms with Gasteiger partial charge in [0.1, 0.15) is 5.76 Å². The molecule has 0 radical (unpaired) electrons. The molecule has 0 saturated heterocycles. The summed E-state index contributed by atoms with van der Waals surface area (Å²) >= 11 is 0. The number of nitrogens with zero attached hydrogens (tertiary/aromatic N) is 4. The predicted octanol–water partition coefficient (Wildman–Crippen LogP) is 4.30. The van der Waals surface area contributed by atoms with E-state index in [0.717, 1.165) is 34.1 Å². The minimum Gasteiger partial charge on any atom is -0.475 e. The molecule has 3 aromatic heterocycles.